The third kappa shape index (κ3) is 7.42. The number of nitrogens with one attached hydrogen (secondary N) is 1. The number of carbonyl (C=O) groups excluding carboxylic acids is 2. The Labute approximate surface area is 159 Å². The lowest BCUT2D eigenvalue weighted by Crippen LogP contribution is -2.45. The Balaban J connectivity index is 1.95. The number of carbonyl (C=O) groups is 2. The Morgan fingerprint density at radius 2 is 2.11 bits per heavy atom. The lowest BCUT2D eigenvalue weighted by atomic mass is 10.1. The first-order chi connectivity index (χ1) is 12.8. The molecule has 1 saturated heterocycles. The molecule has 1 aromatic heterocycles. The van der Waals surface area contributed by atoms with Crippen LogP contribution in [0.3, 0.4) is 0 Å². The van der Waals surface area contributed by atoms with E-state index in [0.29, 0.717) is 18.1 Å². The topological polar surface area (TPSA) is 96.0 Å². The number of ether oxygens (including phenoxy) is 4. The molecular formula is C19H28N2O6. The van der Waals surface area contributed by atoms with E-state index >= 15 is 0 Å². The average molecular weight is 380 g/mol. The summed E-state index contributed by atoms with van der Waals surface area (Å²) in [6, 6.07) is 2.61. The molecule has 1 fully saturated rings. The maximum Gasteiger partial charge on any atom is 0.408 e. The number of esters is 1. The number of hydrogen-bond donors (Lipinski definition) is 1. The van der Waals surface area contributed by atoms with Crippen molar-refractivity contribution in [2.75, 3.05) is 13.7 Å². The van der Waals surface area contributed by atoms with Crippen LogP contribution in [0.2, 0.25) is 0 Å². The monoisotopic (exact) mass is 380 g/mol. The van der Waals surface area contributed by atoms with Crippen molar-refractivity contribution < 1.29 is 28.5 Å². The summed E-state index contributed by atoms with van der Waals surface area (Å²) in [4.78, 5) is 28.2. The number of pyridine rings is 1. The Kier molecular flexibility index (Phi) is 7.41. The number of aromatic nitrogens is 1. The number of nitrogens with zero attached hydrogens (tertiary/aromatic N) is 1. The minimum Gasteiger partial charge on any atom is -0.467 e. The van der Waals surface area contributed by atoms with E-state index in [4.69, 9.17) is 18.9 Å². The highest BCUT2D eigenvalue weighted by Crippen LogP contribution is 2.19. The second kappa shape index (κ2) is 9.55. The van der Waals surface area contributed by atoms with Crippen LogP contribution in [0.25, 0.3) is 0 Å². The van der Waals surface area contributed by atoms with Gasteiger partial charge in [-0.25, -0.2) is 9.59 Å². The van der Waals surface area contributed by atoms with Crippen LogP contribution < -0.4 is 10.1 Å². The summed E-state index contributed by atoms with van der Waals surface area (Å²) >= 11 is 0. The van der Waals surface area contributed by atoms with Crippen LogP contribution in [0.4, 0.5) is 4.79 Å². The number of hydrogen-bond acceptors (Lipinski definition) is 7. The fourth-order valence-electron chi connectivity index (χ4n) is 2.55. The fourth-order valence-corrected chi connectivity index (χ4v) is 2.55. The zero-order chi connectivity index (χ0) is 19.9. The molecule has 0 saturated carbocycles. The smallest absolute Gasteiger partial charge is 0.408 e. The van der Waals surface area contributed by atoms with E-state index in [1.807, 2.05) is 0 Å². The third-order valence-corrected chi connectivity index (χ3v) is 3.79. The van der Waals surface area contributed by atoms with E-state index in [-0.39, 0.29) is 12.7 Å². The highest BCUT2D eigenvalue weighted by atomic mass is 16.7. The molecule has 150 valence electrons. The minimum absolute atomic E-state index is 0.173. The Morgan fingerprint density at radius 1 is 1.33 bits per heavy atom. The molecule has 2 heterocycles. The van der Waals surface area contributed by atoms with Crippen molar-refractivity contribution in [3.05, 3.63) is 24.0 Å². The van der Waals surface area contributed by atoms with Crippen molar-refractivity contribution in [1.82, 2.24) is 10.3 Å². The molecule has 2 rings (SSSR count). The second-order valence-corrected chi connectivity index (χ2v) is 7.33. The van der Waals surface area contributed by atoms with Gasteiger partial charge in [0.15, 0.2) is 6.29 Å². The van der Waals surface area contributed by atoms with Gasteiger partial charge in [0.2, 0.25) is 0 Å². The minimum atomic E-state index is -0.897. The van der Waals surface area contributed by atoms with Gasteiger partial charge in [-0.1, -0.05) is 0 Å². The molecule has 1 amide bonds. The molecule has 8 heteroatoms. The number of rotatable bonds is 6. The van der Waals surface area contributed by atoms with Crippen molar-refractivity contribution >= 4 is 12.1 Å². The first-order valence-electron chi connectivity index (χ1n) is 9.07. The molecule has 0 aliphatic carbocycles. The van der Waals surface area contributed by atoms with Gasteiger partial charge in [-0.15, -0.1) is 0 Å². The lowest BCUT2D eigenvalue weighted by Gasteiger charge is -2.23. The fraction of sp³-hybridized carbons (Fsp3) is 0.632. The molecule has 0 radical (unpaired) electrons. The molecule has 0 aromatic carbocycles. The second-order valence-electron chi connectivity index (χ2n) is 7.33. The third-order valence-electron chi connectivity index (χ3n) is 3.79. The van der Waals surface area contributed by atoms with Crippen LogP contribution in [0.15, 0.2) is 18.3 Å². The van der Waals surface area contributed by atoms with Gasteiger partial charge in [0.25, 0.3) is 0 Å². The van der Waals surface area contributed by atoms with Gasteiger partial charge in [0.1, 0.15) is 17.4 Å². The molecule has 0 spiro atoms. The predicted molar refractivity (Wildman–Crippen MR) is 97.3 cm³/mol. The Morgan fingerprint density at radius 3 is 2.67 bits per heavy atom. The van der Waals surface area contributed by atoms with Gasteiger partial charge in [0, 0.05) is 18.5 Å². The molecule has 1 aromatic rings. The summed E-state index contributed by atoms with van der Waals surface area (Å²) in [6.07, 6.45) is 3.80. The molecule has 2 atom stereocenters. The van der Waals surface area contributed by atoms with Gasteiger partial charge in [-0.2, -0.15) is 0 Å². The first kappa shape index (κ1) is 21.0. The molecule has 1 N–H and O–H groups in total. The van der Waals surface area contributed by atoms with Crippen LogP contribution in [0, 0.1) is 0 Å². The summed E-state index contributed by atoms with van der Waals surface area (Å²) in [5.41, 5.74) is -0.0539. The van der Waals surface area contributed by atoms with E-state index in [1.54, 1.807) is 39.1 Å². The van der Waals surface area contributed by atoms with Crippen molar-refractivity contribution in [1.29, 1.82) is 0 Å². The normalized spacial score (nSPS) is 18.3. The molecule has 1 aliphatic rings. The van der Waals surface area contributed by atoms with Gasteiger partial charge >= 0.3 is 12.1 Å². The van der Waals surface area contributed by atoms with Crippen LogP contribution in [0.5, 0.6) is 5.75 Å². The highest BCUT2D eigenvalue weighted by molar-refractivity contribution is 5.81. The lowest BCUT2D eigenvalue weighted by molar-refractivity contribution is -0.143. The summed E-state index contributed by atoms with van der Waals surface area (Å²) in [5, 5.41) is 2.53. The zero-order valence-corrected chi connectivity index (χ0v) is 16.3. The maximum absolute atomic E-state index is 12.0. The summed E-state index contributed by atoms with van der Waals surface area (Å²) in [5.74, 6) is 0.0268. The molecule has 0 bridgehead atoms. The zero-order valence-electron chi connectivity index (χ0n) is 16.3. The summed E-state index contributed by atoms with van der Waals surface area (Å²) in [6.45, 7) is 5.94. The Bertz CT molecular complexity index is 620. The summed E-state index contributed by atoms with van der Waals surface area (Å²) < 4.78 is 21.2. The standard InChI is InChI=1S/C19H28N2O6/c1-19(2,3)27-18(23)21-15(17(22)24-4)11-13-8-9-14(12-20-13)26-16-7-5-6-10-25-16/h8-9,12,15-16H,5-7,10-11H2,1-4H3,(H,21,23). The number of amides is 1. The van der Waals surface area contributed by atoms with Crippen LogP contribution in [-0.2, 0) is 25.4 Å². The van der Waals surface area contributed by atoms with Gasteiger partial charge in [-0.05, 0) is 45.7 Å². The molecule has 27 heavy (non-hydrogen) atoms. The number of methoxy groups -OCH3 is 1. The Hall–Kier alpha value is -2.35. The van der Waals surface area contributed by atoms with E-state index in [1.165, 1.54) is 7.11 Å². The van der Waals surface area contributed by atoms with Crippen molar-refractivity contribution in [3.8, 4) is 5.75 Å². The SMILES string of the molecule is COC(=O)C(Cc1ccc(OC2CCCCO2)cn1)NC(=O)OC(C)(C)C. The largest absolute Gasteiger partial charge is 0.467 e. The number of alkyl carbamates (subject to hydrolysis) is 1. The highest BCUT2D eigenvalue weighted by Gasteiger charge is 2.26. The summed E-state index contributed by atoms with van der Waals surface area (Å²) in [7, 11) is 1.26. The van der Waals surface area contributed by atoms with Gasteiger partial charge in [0.05, 0.1) is 19.9 Å². The van der Waals surface area contributed by atoms with E-state index in [0.717, 1.165) is 19.3 Å². The van der Waals surface area contributed by atoms with E-state index < -0.39 is 23.7 Å². The van der Waals surface area contributed by atoms with Crippen molar-refractivity contribution in [3.63, 3.8) is 0 Å². The average Bonchev–Trinajstić information content (AvgIpc) is 2.61. The first-order valence-corrected chi connectivity index (χ1v) is 9.07. The molecule has 8 nitrogen and oxygen atoms in total. The van der Waals surface area contributed by atoms with Crippen LogP contribution in [0.1, 0.15) is 45.7 Å². The predicted octanol–water partition coefficient (Wildman–Crippen LogP) is 2.60. The van der Waals surface area contributed by atoms with Crippen LogP contribution >= 0.6 is 0 Å². The van der Waals surface area contributed by atoms with Gasteiger partial charge in [-0.3, -0.25) is 4.98 Å². The molecule has 1 aliphatic heterocycles. The van der Waals surface area contributed by atoms with E-state index in [2.05, 4.69) is 10.3 Å². The molecular weight excluding hydrogens is 352 g/mol. The van der Waals surface area contributed by atoms with Crippen molar-refractivity contribution in [2.24, 2.45) is 0 Å². The van der Waals surface area contributed by atoms with Gasteiger partial charge < -0.3 is 24.3 Å². The quantitative estimate of drug-likeness (QED) is 0.758. The maximum atomic E-state index is 12.0. The molecule has 2 unspecified atom stereocenters. The van der Waals surface area contributed by atoms with E-state index in [9.17, 15) is 9.59 Å². The van der Waals surface area contributed by atoms with Crippen LogP contribution in [-0.4, -0.2) is 48.7 Å². The van der Waals surface area contributed by atoms with Crippen molar-refractivity contribution in [2.45, 2.75) is 64.4 Å².